The Morgan fingerprint density at radius 3 is 2.50 bits per heavy atom. The van der Waals surface area contributed by atoms with Crippen LogP contribution in [-0.4, -0.2) is 55.7 Å². The molecule has 2 N–H and O–H groups in total. The maximum absolute atomic E-state index is 12.8. The highest BCUT2D eigenvalue weighted by molar-refractivity contribution is 6.13. The van der Waals surface area contributed by atoms with Gasteiger partial charge in [-0.2, -0.15) is 0 Å². The molecule has 3 rings (SSSR count). The van der Waals surface area contributed by atoms with Crippen LogP contribution in [0.2, 0.25) is 0 Å². The van der Waals surface area contributed by atoms with Gasteiger partial charge in [0.2, 0.25) is 11.8 Å². The Hall–Kier alpha value is -2.77. The van der Waals surface area contributed by atoms with Crippen LogP contribution in [0.3, 0.4) is 0 Å². The molecule has 0 unspecified atom stereocenters. The van der Waals surface area contributed by atoms with Crippen LogP contribution >= 0.6 is 0 Å². The third-order valence-corrected chi connectivity index (χ3v) is 5.30. The van der Waals surface area contributed by atoms with Crippen LogP contribution in [0.15, 0.2) is 24.3 Å². The summed E-state index contributed by atoms with van der Waals surface area (Å²) < 4.78 is 10.2. The van der Waals surface area contributed by atoms with Crippen LogP contribution in [0.25, 0.3) is 0 Å². The number of rotatable bonds is 6. The molecule has 8 heteroatoms. The summed E-state index contributed by atoms with van der Waals surface area (Å²) in [5.41, 5.74) is -0.396. The van der Waals surface area contributed by atoms with Crippen molar-refractivity contribution >= 4 is 23.6 Å². The van der Waals surface area contributed by atoms with Gasteiger partial charge in [0.15, 0.2) is 0 Å². The number of ether oxygens (including phenoxy) is 2. The maximum atomic E-state index is 12.8. The number of amides is 3. The van der Waals surface area contributed by atoms with Crippen molar-refractivity contribution in [3.05, 3.63) is 24.3 Å². The van der Waals surface area contributed by atoms with E-state index in [1.165, 1.54) is 0 Å². The zero-order valence-corrected chi connectivity index (χ0v) is 16.3. The summed E-state index contributed by atoms with van der Waals surface area (Å²) in [7, 11) is 1.56. The number of carbonyl (C=O) groups is 3. The van der Waals surface area contributed by atoms with E-state index in [2.05, 4.69) is 10.6 Å². The Bertz CT molecular complexity index is 739. The molecule has 1 aliphatic carbocycles. The van der Waals surface area contributed by atoms with E-state index >= 15 is 0 Å². The fourth-order valence-corrected chi connectivity index (χ4v) is 3.38. The summed E-state index contributed by atoms with van der Waals surface area (Å²) in [6.45, 7) is 3.19. The maximum Gasteiger partial charge on any atom is 0.409 e. The van der Waals surface area contributed by atoms with E-state index in [1.807, 2.05) is 0 Å². The van der Waals surface area contributed by atoms with Gasteiger partial charge in [-0.15, -0.1) is 0 Å². The van der Waals surface area contributed by atoms with E-state index in [9.17, 15) is 14.4 Å². The highest BCUT2D eigenvalue weighted by atomic mass is 16.6. The van der Waals surface area contributed by atoms with Gasteiger partial charge in [-0.1, -0.05) is 6.07 Å². The number of nitrogens with zero attached hydrogens (tertiary/aromatic N) is 1. The second-order valence-electron chi connectivity index (χ2n) is 7.20. The topological polar surface area (TPSA) is 97.0 Å². The van der Waals surface area contributed by atoms with Crippen LogP contribution in [0.4, 0.5) is 10.5 Å². The summed E-state index contributed by atoms with van der Waals surface area (Å²) in [5.74, 6) is 0.116. The molecule has 152 valence electrons. The first-order valence-electron chi connectivity index (χ1n) is 9.66. The van der Waals surface area contributed by atoms with Crippen molar-refractivity contribution in [2.75, 3.05) is 32.1 Å². The molecule has 1 aromatic rings. The molecule has 0 radical (unpaired) electrons. The molecule has 28 heavy (non-hydrogen) atoms. The van der Waals surface area contributed by atoms with E-state index < -0.39 is 5.41 Å². The third kappa shape index (κ3) is 4.37. The lowest BCUT2D eigenvalue weighted by atomic mass is 10.0. The van der Waals surface area contributed by atoms with Crippen molar-refractivity contribution in [2.45, 2.75) is 38.6 Å². The second kappa shape index (κ2) is 8.50. The number of hydrogen-bond acceptors (Lipinski definition) is 5. The lowest BCUT2D eigenvalue weighted by Gasteiger charge is -2.32. The van der Waals surface area contributed by atoms with E-state index in [0.29, 0.717) is 56.8 Å². The Balaban J connectivity index is 1.52. The van der Waals surface area contributed by atoms with Gasteiger partial charge in [0, 0.05) is 30.9 Å². The normalized spacial score (nSPS) is 18.1. The molecule has 2 fully saturated rings. The summed E-state index contributed by atoms with van der Waals surface area (Å²) in [6.07, 6.45) is 2.06. The molecule has 3 amide bonds. The highest BCUT2D eigenvalue weighted by Crippen LogP contribution is 2.47. The summed E-state index contributed by atoms with van der Waals surface area (Å²) >= 11 is 0. The number of methoxy groups -OCH3 is 1. The van der Waals surface area contributed by atoms with Gasteiger partial charge >= 0.3 is 6.09 Å². The van der Waals surface area contributed by atoms with Gasteiger partial charge in [0.25, 0.3) is 0 Å². The highest BCUT2D eigenvalue weighted by Gasteiger charge is 2.56. The number of anilines is 1. The Morgan fingerprint density at radius 1 is 1.18 bits per heavy atom. The lowest BCUT2D eigenvalue weighted by molar-refractivity contribution is -0.135. The number of likely N-dealkylation sites (tertiary alicyclic amines) is 1. The van der Waals surface area contributed by atoms with Gasteiger partial charge in [-0.05, 0) is 44.7 Å². The fraction of sp³-hybridized carbons (Fsp3) is 0.550. The summed E-state index contributed by atoms with van der Waals surface area (Å²) in [5, 5.41) is 5.82. The molecule has 1 saturated heterocycles. The van der Waals surface area contributed by atoms with Crippen molar-refractivity contribution in [2.24, 2.45) is 5.41 Å². The van der Waals surface area contributed by atoms with Crippen LogP contribution < -0.4 is 15.4 Å². The first-order valence-corrected chi connectivity index (χ1v) is 9.66. The monoisotopic (exact) mass is 389 g/mol. The molecule has 0 aromatic heterocycles. The fourth-order valence-electron chi connectivity index (χ4n) is 3.38. The predicted molar refractivity (Wildman–Crippen MR) is 103 cm³/mol. The Kier molecular flexibility index (Phi) is 6.06. The first-order chi connectivity index (χ1) is 13.5. The van der Waals surface area contributed by atoms with Gasteiger partial charge in [-0.3, -0.25) is 9.59 Å². The quantitative estimate of drug-likeness (QED) is 0.727. The van der Waals surface area contributed by atoms with Crippen molar-refractivity contribution in [3.8, 4) is 5.75 Å². The zero-order valence-electron chi connectivity index (χ0n) is 16.3. The summed E-state index contributed by atoms with van der Waals surface area (Å²) in [4.78, 5) is 38.9. The van der Waals surface area contributed by atoms with Crippen LogP contribution in [0, 0.1) is 5.41 Å². The van der Waals surface area contributed by atoms with E-state index in [1.54, 1.807) is 43.2 Å². The molecule has 0 atom stereocenters. The standard InChI is InChI=1S/C20H27N3O5/c1-3-28-19(26)23-11-7-14(8-12-23)21-17(24)20(9-10-20)18(25)22-15-5-4-6-16(13-15)27-2/h4-6,13-14H,3,7-12H2,1-2H3,(H,21,24)(H,22,25). The molecule has 1 aromatic carbocycles. The Morgan fingerprint density at radius 2 is 1.89 bits per heavy atom. The van der Waals surface area contributed by atoms with Crippen molar-refractivity contribution in [1.29, 1.82) is 0 Å². The molecule has 1 aliphatic heterocycles. The summed E-state index contributed by atoms with van der Waals surface area (Å²) in [6, 6.07) is 7.01. The first kappa shape index (κ1) is 20.0. The minimum atomic E-state index is -0.999. The minimum Gasteiger partial charge on any atom is -0.497 e. The molecule has 0 spiro atoms. The molecule has 8 nitrogen and oxygen atoms in total. The predicted octanol–water partition coefficient (Wildman–Crippen LogP) is 2.15. The molecule has 0 bridgehead atoms. The van der Waals surface area contributed by atoms with E-state index in [4.69, 9.17) is 9.47 Å². The third-order valence-electron chi connectivity index (χ3n) is 5.30. The van der Waals surface area contributed by atoms with Crippen molar-refractivity contribution in [1.82, 2.24) is 10.2 Å². The number of hydrogen-bond donors (Lipinski definition) is 2. The van der Waals surface area contributed by atoms with Crippen LogP contribution in [0.1, 0.15) is 32.6 Å². The van der Waals surface area contributed by atoms with E-state index in [0.717, 1.165) is 0 Å². The van der Waals surface area contributed by atoms with E-state index in [-0.39, 0.29) is 23.9 Å². The zero-order chi connectivity index (χ0) is 20.1. The molecule has 1 heterocycles. The lowest BCUT2D eigenvalue weighted by Crippen LogP contribution is -2.50. The molecule has 2 aliphatic rings. The SMILES string of the molecule is CCOC(=O)N1CCC(NC(=O)C2(C(=O)Nc3cccc(OC)c3)CC2)CC1. The van der Waals surface area contributed by atoms with Gasteiger partial charge < -0.3 is 25.0 Å². The average molecular weight is 389 g/mol. The van der Waals surface area contributed by atoms with Crippen molar-refractivity contribution in [3.63, 3.8) is 0 Å². The van der Waals surface area contributed by atoms with Crippen LogP contribution in [0.5, 0.6) is 5.75 Å². The molecule has 1 saturated carbocycles. The molecular weight excluding hydrogens is 362 g/mol. The van der Waals surface area contributed by atoms with Crippen LogP contribution in [-0.2, 0) is 14.3 Å². The second-order valence-corrected chi connectivity index (χ2v) is 7.20. The van der Waals surface area contributed by atoms with Gasteiger partial charge in [0.1, 0.15) is 11.2 Å². The van der Waals surface area contributed by atoms with Gasteiger partial charge in [-0.25, -0.2) is 4.79 Å². The number of nitrogens with one attached hydrogen (secondary N) is 2. The van der Waals surface area contributed by atoms with Gasteiger partial charge in [0.05, 0.1) is 13.7 Å². The number of benzene rings is 1. The largest absolute Gasteiger partial charge is 0.497 e. The average Bonchev–Trinajstić information content (AvgIpc) is 3.51. The molecular formula is C20H27N3O5. The smallest absolute Gasteiger partial charge is 0.409 e. The number of piperidine rings is 1. The Labute approximate surface area is 164 Å². The number of carbonyl (C=O) groups excluding carboxylic acids is 3. The van der Waals surface area contributed by atoms with Crippen molar-refractivity contribution < 1.29 is 23.9 Å². The minimum absolute atomic E-state index is 0.0414.